The third-order valence-electron chi connectivity index (χ3n) is 7.83. The molecule has 1 heterocycles. The van der Waals surface area contributed by atoms with E-state index in [2.05, 4.69) is 52.9 Å². The van der Waals surface area contributed by atoms with Crippen molar-refractivity contribution < 1.29 is 4.79 Å². The first-order valence-electron chi connectivity index (χ1n) is 14.2. The van der Waals surface area contributed by atoms with Crippen molar-refractivity contribution in [3.63, 3.8) is 0 Å². The van der Waals surface area contributed by atoms with E-state index in [1.165, 1.54) is 24.8 Å². The summed E-state index contributed by atoms with van der Waals surface area (Å²) in [5.74, 6) is 1.10. The van der Waals surface area contributed by atoms with E-state index in [0.717, 1.165) is 35.4 Å². The molecular formula is C33H39ClN4O. The summed E-state index contributed by atoms with van der Waals surface area (Å²) in [6.45, 7) is 8.66. The van der Waals surface area contributed by atoms with Crippen molar-refractivity contribution >= 4 is 28.5 Å². The predicted molar refractivity (Wildman–Crippen MR) is 160 cm³/mol. The number of aromatic nitrogens is 2. The lowest BCUT2D eigenvalue weighted by Crippen LogP contribution is -2.41. The predicted octanol–water partition coefficient (Wildman–Crippen LogP) is 7.42. The molecule has 3 aromatic carbocycles. The van der Waals surface area contributed by atoms with Crippen LogP contribution < -0.4 is 5.32 Å². The lowest BCUT2D eigenvalue weighted by Gasteiger charge is -2.35. The second-order valence-electron chi connectivity index (χ2n) is 11.2. The molecule has 0 bridgehead atoms. The van der Waals surface area contributed by atoms with Crippen LogP contribution in [0.25, 0.3) is 11.0 Å². The van der Waals surface area contributed by atoms with Crippen molar-refractivity contribution in [2.45, 2.75) is 65.1 Å². The summed E-state index contributed by atoms with van der Waals surface area (Å²) in [6, 6.07) is 24.7. The fraction of sp³-hybridized carbons (Fsp3) is 0.394. The van der Waals surface area contributed by atoms with Gasteiger partial charge in [0.25, 0.3) is 5.91 Å². The normalized spacial score (nSPS) is 14.5. The average molecular weight is 543 g/mol. The van der Waals surface area contributed by atoms with Crippen LogP contribution in [0.2, 0.25) is 5.02 Å². The highest BCUT2D eigenvalue weighted by atomic mass is 35.5. The maximum absolute atomic E-state index is 14.2. The van der Waals surface area contributed by atoms with Crippen LogP contribution >= 0.6 is 11.6 Å². The first-order chi connectivity index (χ1) is 18.9. The summed E-state index contributed by atoms with van der Waals surface area (Å²) in [5, 5.41) is 4.33. The van der Waals surface area contributed by atoms with Gasteiger partial charge in [-0.25, -0.2) is 4.98 Å². The minimum Gasteiger partial charge on any atom is -0.328 e. The molecule has 1 fully saturated rings. The monoisotopic (exact) mass is 542 g/mol. The zero-order chi connectivity index (χ0) is 27.4. The zero-order valence-corrected chi connectivity index (χ0v) is 24.0. The van der Waals surface area contributed by atoms with Gasteiger partial charge in [-0.05, 0) is 74.5 Å². The summed E-state index contributed by atoms with van der Waals surface area (Å²) in [6.07, 6.45) is 4.72. The van der Waals surface area contributed by atoms with Gasteiger partial charge in [-0.1, -0.05) is 79.9 Å². The molecule has 1 aliphatic carbocycles. The Morgan fingerprint density at radius 1 is 1.08 bits per heavy atom. The Hall–Kier alpha value is -3.15. The fourth-order valence-electron chi connectivity index (χ4n) is 5.47. The van der Waals surface area contributed by atoms with E-state index in [0.29, 0.717) is 29.7 Å². The van der Waals surface area contributed by atoms with Crippen LogP contribution in [0.15, 0.2) is 72.8 Å². The Balaban J connectivity index is 1.55. The Bertz CT molecular complexity index is 1390. The quantitative estimate of drug-likeness (QED) is 0.201. The number of aryl methyl sites for hydroxylation is 1. The van der Waals surface area contributed by atoms with Crippen molar-refractivity contribution in [1.82, 2.24) is 19.8 Å². The SMILES string of the molecule is Cc1ccc(C(=O)N(CCCNC2CCC2)C(c2nc3cc(Cl)ccc3n2Cc2ccccc2)C(C)C)cc1. The van der Waals surface area contributed by atoms with Gasteiger partial charge >= 0.3 is 0 Å². The minimum absolute atomic E-state index is 0.0497. The third-order valence-corrected chi connectivity index (χ3v) is 8.06. The van der Waals surface area contributed by atoms with E-state index >= 15 is 0 Å². The molecule has 1 aliphatic rings. The molecule has 6 heteroatoms. The smallest absolute Gasteiger partial charge is 0.254 e. The van der Waals surface area contributed by atoms with E-state index in [9.17, 15) is 4.79 Å². The van der Waals surface area contributed by atoms with Gasteiger partial charge < -0.3 is 14.8 Å². The van der Waals surface area contributed by atoms with Crippen LogP contribution in [-0.2, 0) is 6.54 Å². The van der Waals surface area contributed by atoms with E-state index in [1.54, 1.807) is 0 Å². The number of benzene rings is 3. The van der Waals surface area contributed by atoms with Gasteiger partial charge in [0, 0.05) is 29.7 Å². The number of nitrogens with zero attached hydrogens (tertiary/aromatic N) is 3. The molecule has 1 unspecified atom stereocenters. The first kappa shape index (κ1) is 27.4. The lowest BCUT2D eigenvalue weighted by molar-refractivity contribution is 0.0602. The molecule has 39 heavy (non-hydrogen) atoms. The summed E-state index contributed by atoms with van der Waals surface area (Å²) in [5.41, 5.74) is 4.93. The topological polar surface area (TPSA) is 50.2 Å². The van der Waals surface area contributed by atoms with Gasteiger partial charge in [-0.3, -0.25) is 4.79 Å². The van der Waals surface area contributed by atoms with Crippen LogP contribution in [0.5, 0.6) is 0 Å². The molecule has 204 valence electrons. The summed E-state index contributed by atoms with van der Waals surface area (Å²) >= 11 is 6.39. The van der Waals surface area contributed by atoms with E-state index < -0.39 is 0 Å². The van der Waals surface area contributed by atoms with Gasteiger partial charge in [-0.2, -0.15) is 0 Å². The Labute approximate surface area is 237 Å². The number of hydrogen-bond donors (Lipinski definition) is 1. The van der Waals surface area contributed by atoms with Gasteiger partial charge in [0.1, 0.15) is 5.82 Å². The molecule has 5 nitrogen and oxygen atoms in total. The molecular weight excluding hydrogens is 504 g/mol. The molecule has 0 spiro atoms. The number of fused-ring (bicyclic) bond motifs is 1. The molecule has 0 radical (unpaired) electrons. The number of carbonyl (C=O) groups is 1. The molecule has 4 aromatic rings. The molecule has 1 aromatic heterocycles. The van der Waals surface area contributed by atoms with Crippen LogP contribution in [-0.4, -0.2) is 39.5 Å². The number of amides is 1. The second kappa shape index (κ2) is 12.4. The van der Waals surface area contributed by atoms with Crippen molar-refractivity contribution in [2.24, 2.45) is 5.92 Å². The number of halogens is 1. The molecule has 1 amide bonds. The highest BCUT2D eigenvalue weighted by Gasteiger charge is 2.33. The Morgan fingerprint density at radius 2 is 1.82 bits per heavy atom. The van der Waals surface area contributed by atoms with E-state index in [4.69, 9.17) is 16.6 Å². The highest BCUT2D eigenvalue weighted by molar-refractivity contribution is 6.31. The standard InChI is InChI=1S/C33H39ClN4O/c1-23(2)31(32-36-29-21-27(34)17-18-30(29)38(32)22-25-9-5-4-6-10-25)37(20-8-19-35-28-11-7-12-28)33(39)26-15-13-24(3)14-16-26/h4-6,9-10,13-18,21,23,28,31,35H,7-8,11-12,19-20,22H2,1-3H3. The maximum atomic E-state index is 14.2. The zero-order valence-electron chi connectivity index (χ0n) is 23.2. The minimum atomic E-state index is -0.197. The van der Waals surface area contributed by atoms with Gasteiger partial charge in [-0.15, -0.1) is 0 Å². The van der Waals surface area contributed by atoms with E-state index in [-0.39, 0.29) is 17.9 Å². The van der Waals surface area contributed by atoms with E-state index in [1.807, 2.05) is 55.5 Å². The Morgan fingerprint density at radius 3 is 2.49 bits per heavy atom. The third kappa shape index (κ3) is 6.37. The second-order valence-corrected chi connectivity index (χ2v) is 11.6. The number of hydrogen-bond acceptors (Lipinski definition) is 3. The van der Waals surface area contributed by atoms with Crippen molar-refractivity contribution in [3.05, 3.63) is 100 Å². The Kier molecular flexibility index (Phi) is 8.69. The molecule has 1 N–H and O–H groups in total. The van der Waals surface area contributed by atoms with Crippen LogP contribution in [0.1, 0.15) is 72.9 Å². The van der Waals surface area contributed by atoms with Crippen molar-refractivity contribution in [2.75, 3.05) is 13.1 Å². The summed E-state index contributed by atoms with van der Waals surface area (Å²) in [7, 11) is 0. The van der Waals surface area contributed by atoms with Crippen LogP contribution in [0.4, 0.5) is 0 Å². The molecule has 1 saturated carbocycles. The van der Waals surface area contributed by atoms with Crippen LogP contribution in [0.3, 0.4) is 0 Å². The first-order valence-corrected chi connectivity index (χ1v) is 14.6. The van der Waals surface area contributed by atoms with Crippen LogP contribution in [0, 0.1) is 12.8 Å². The summed E-state index contributed by atoms with van der Waals surface area (Å²) < 4.78 is 2.27. The lowest BCUT2D eigenvalue weighted by atomic mass is 9.93. The molecule has 5 rings (SSSR count). The van der Waals surface area contributed by atoms with Crippen molar-refractivity contribution in [1.29, 1.82) is 0 Å². The van der Waals surface area contributed by atoms with Crippen molar-refractivity contribution in [3.8, 4) is 0 Å². The van der Waals surface area contributed by atoms with Gasteiger partial charge in [0.15, 0.2) is 0 Å². The fourth-order valence-corrected chi connectivity index (χ4v) is 5.64. The average Bonchev–Trinajstić information content (AvgIpc) is 3.23. The van der Waals surface area contributed by atoms with Gasteiger partial charge in [0.05, 0.1) is 17.1 Å². The summed E-state index contributed by atoms with van der Waals surface area (Å²) in [4.78, 5) is 21.4. The number of imidazole rings is 1. The molecule has 0 aliphatic heterocycles. The number of nitrogens with one attached hydrogen (secondary N) is 1. The molecule has 0 saturated heterocycles. The molecule has 1 atom stereocenters. The maximum Gasteiger partial charge on any atom is 0.254 e. The number of carbonyl (C=O) groups excluding carboxylic acids is 1. The highest BCUT2D eigenvalue weighted by Crippen LogP contribution is 2.34. The largest absolute Gasteiger partial charge is 0.328 e. The van der Waals surface area contributed by atoms with Gasteiger partial charge in [0.2, 0.25) is 0 Å². The number of rotatable bonds is 11.